The number of phenolic OH excluding ortho intramolecular Hbond substituents is 1. The van der Waals surface area contributed by atoms with Gasteiger partial charge in [0.1, 0.15) is 17.4 Å². The molecule has 12 nitrogen and oxygen atoms in total. The number of aromatic hydroxyl groups is 1. The average molecular weight is 647 g/mol. The molecule has 2 amide bonds. The van der Waals surface area contributed by atoms with Gasteiger partial charge in [0.05, 0.1) is 11.7 Å². The van der Waals surface area contributed by atoms with Crippen molar-refractivity contribution >= 4 is 23.4 Å². The summed E-state index contributed by atoms with van der Waals surface area (Å²) in [7, 11) is 3.24. The van der Waals surface area contributed by atoms with Gasteiger partial charge in [0, 0.05) is 36.2 Å². The van der Waals surface area contributed by atoms with E-state index in [4.69, 9.17) is 5.73 Å². The number of carbonyl (C=O) groups excluding carboxylic acids is 4. The standard InChI is InChI=1S/C35H42N4O8/c1-38(2)28-23-17-20-16-22-21(18-7-6-8-19(15-18)34(46)37-11-14-39-12-4-3-5-13-39)9-10-24(40)26(22)29(41)25(20)31(43)35(23,47)32(44)27(30(28)42)33(36)45/h6-10,15,20,23,27-28,30,40,42-43,47H,3-5,11-14,16-17H2,1-2H3,(H2,36,45)(H,37,46)/t20-,23-,27?,28-,30?,35-/m0/s1. The van der Waals surface area contributed by atoms with Crippen molar-refractivity contribution in [2.24, 2.45) is 23.5 Å². The number of amides is 2. The summed E-state index contributed by atoms with van der Waals surface area (Å²) < 4.78 is 0. The smallest absolute Gasteiger partial charge is 0.251 e. The van der Waals surface area contributed by atoms with Crippen molar-refractivity contribution in [1.29, 1.82) is 0 Å². The molecule has 0 radical (unpaired) electrons. The largest absolute Gasteiger partial charge is 0.508 e. The molecule has 2 unspecified atom stereocenters. The summed E-state index contributed by atoms with van der Waals surface area (Å²) in [5.41, 5.74) is 4.75. The Morgan fingerprint density at radius 2 is 1.81 bits per heavy atom. The minimum Gasteiger partial charge on any atom is -0.508 e. The molecule has 47 heavy (non-hydrogen) atoms. The third-order valence-corrected chi connectivity index (χ3v) is 10.6. The maximum Gasteiger partial charge on any atom is 0.251 e. The second kappa shape index (κ2) is 12.5. The minimum absolute atomic E-state index is 0.0206. The number of nitrogens with two attached hydrogens (primary N) is 1. The summed E-state index contributed by atoms with van der Waals surface area (Å²) in [4.78, 5) is 56.9. The highest BCUT2D eigenvalue weighted by atomic mass is 16.4. The Bertz CT molecular complexity index is 1660. The van der Waals surface area contributed by atoms with Crippen molar-refractivity contribution in [3.8, 4) is 16.9 Å². The van der Waals surface area contributed by atoms with Crippen LogP contribution >= 0.6 is 0 Å². The lowest BCUT2D eigenvalue weighted by molar-refractivity contribution is -0.178. The zero-order valence-corrected chi connectivity index (χ0v) is 26.6. The normalized spacial score (nSPS) is 29.3. The van der Waals surface area contributed by atoms with Gasteiger partial charge in [-0.1, -0.05) is 24.6 Å². The molecule has 6 atom stereocenters. The van der Waals surface area contributed by atoms with E-state index in [1.165, 1.54) is 25.3 Å². The van der Waals surface area contributed by atoms with Crippen LogP contribution in [0.25, 0.3) is 11.1 Å². The molecular weight excluding hydrogens is 604 g/mol. The molecule has 7 N–H and O–H groups in total. The minimum atomic E-state index is -2.64. The average Bonchev–Trinajstić information content (AvgIpc) is 3.03. The molecule has 1 saturated heterocycles. The number of hydrogen-bond acceptors (Lipinski definition) is 10. The van der Waals surface area contributed by atoms with Gasteiger partial charge < -0.3 is 41.3 Å². The van der Waals surface area contributed by atoms with Crippen LogP contribution in [0.2, 0.25) is 0 Å². The van der Waals surface area contributed by atoms with Gasteiger partial charge in [-0.3, -0.25) is 19.2 Å². The Hall–Kier alpha value is -4.10. The number of aliphatic hydroxyl groups is 3. The number of likely N-dealkylation sites (tertiary alicyclic amines) is 1. The van der Waals surface area contributed by atoms with E-state index < -0.39 is 58.7 Å². The van der Waals surface area contributed by atoms with Gasteiger partial charge in [0.2, 0.25) is 5.91 Å². The molecule has 12 heteroatoms. The van der Waals surface area contributed by atoms with Crippen LogP contribution in [-0.2, 0) is 16.0 Å². The number of fused-ring (bicyclic) bond motifs is 3. The van der Waals surface area contributed by atoms with Crippen LogP contribution in [0.5, 0.6) is 5.75 Å². The number of benzene rings is 2. The van der Waals surface area contributed by atoms with Gasteiger partial charge in [-0.05, 0) is 93.7 Å². The fraction of sp³-hybridized carbons (Fsp3) is 0.486. The molecule has 0 spiro atoms. The zero-order valence-electron chi connectivity index (χ0n) is 26.6. The predicted molar refractivity (Wildman–Crippen MR) is 172 cm³/mol. The number of rotatable bonds is 7. The Kier molecular flexibility index (Phi) is 8.73. The Morgan fingerprint density at radius 1 is 1.09 bits per heavy atom. The van der Waals surface area contributed by atoms with Gasteiger partial charge in [-0.2, -0.15) is 0 Å². The number of allylic oxidation sites excluding steroid dienone is 1. The molecule has 6 rings (SSSR count). The van der Waals surface area contributed by atoms with E-state index in [0.29, 0.717) is 28.8 Å². The van der Waals surface area contributed by atoms with E-state index >= 15 is 0 Å². The summed E-state index contributed by atoms with van der Waals surface area (Å²) in [5.74, 6) is -8.05. The molecule has 2 aromatic carbocycles. The molecule has 0 aromatic heterocycles. The molecule has 250 valence electrons. The number of phenols is 1. The molecule has 3 aliphatic carbocycles. The molecule has 2 fully saturated rings. The second-order valence-electron chi connectivity index (χ2n) is 13.5. The van der Waals surface area contributed by atoms with Crippen molar-refractivity contribution in [1.82, 2.24) is 15.1 Å². The lowest BCUT2D eigenvalue weighted by Gasteiger charge is -2.53. The highest BCUT2D eigenvalue weighted by molar-refractivity contribution is 6.16. The fourth-order valence-electron chi connectivity index (χ4n) is 8.32. The molecule has 1 heterocycles. The summed E-state index contributed by atoms with van der Waals surface area (Å²) in [6.07, 6.45) is 2.21. The lowest BCUT2D eigenvalue weighted by atomic mass is 9.55. The number of aliphatic hydroxyl groups excluding tert-OH is 2. The Morgan fingerprint density at radius 3 is 2.49 bits per heavy atom. The van der Waals surface area contributed by atoms with Crippen molar-refractivity contribution in [3.63, 3.8) is 0 Å². The van der Waals surface area contributed by atoms with E-state index in [0.717, 1.165) is 19.6 Å². The first-order valence-electron chi connectivity index (χ1n) is 16.2. The molecule has 1 aliphatic heterocycles. The van der Waals surface area contributed by atoms with E-state index in [9.17, 15) is 39.6 Å². The molecule has 0 bridgehead atoms. The number of nitrogens with zero attached hydrogens (tertiary/aromatic N) is 2. The van der Waals surface area contributed by atoms with Gasteiger partial charge in [-0.15, -0.1) is 0 Å². The van der Waals surface area contributed by atoms with Gasteiger partial charge in [0.25, 0.3) is 5.91 Å². The SMILES string of the molecule is CN(C)[C@@H]1C(O)C(C(N)=O)C(=O)[C@@]2(O)C(O)=C3C(=O)c4c(O)ccc(-c5cccc(C(=O)NCCN6CCCCC6)c5)c4C[C@H]3C[C@@H]12. The third kappa shape index (κ3) is 5.42. The van der Waals surface area contributed by atoms with Crippen LogP contribution in [0, 0.1) is 17.8 Å². The van der Waals surface area contributed by atoms with Crippen LogP contribution in [0.3, 0.4) is 0 Å². The zero-order chi connectivity index (χ0) is 33.8. The first-order chi connectivity index (χ1) is 22.4. The summed E-state index contributed by atoms with van der Waals surface area (Å²) in [6, 6.07) is 9.10. The van der Waals surface area contributed by atoms with Gasteiger partial charge in [0.15, 0.2) is 17.2 Å². The predicted octanol–water partition coefficient (Wildman–Crippen LogP) is 1.17. The van der Waals surface area contributed by atoms with E-state index in [2.05, 4.69) is 10.2 Å². The number of primary amides is 1. The fourth-order valence-corrected chi connectivity index (χ4v) is 8.32. The second-order valence-corrected chi connectivity index (χ2v) is 13.5. The Balaban J connectivity index is 1.35. The number of carbonyl (C=O) groups is 4. The summed E-state index contributed by atoms with van der Waals surface area (Å²) in [5, 5.41) is 48.4. The first-order valence-corrected chi connectivity index (χ1v) is 16.2. The summed E-state index contributed by atoms with van der Waals surface area (Å²) in [6.45, 7) is 3.36. The number of Topliss-reactive ketones (excluding diaryl/α,β-unsaturated/α-hetero) is 2. The third-order valence-electron chi connectivity index (χ3n) is 10.6. The van der Waals surface area contributed by atoms with Crippen molar-refractivity contribution in [2.45, 2.75) is 49.9 Å². The van der Waals surface area contributed by atoms with E-state index in [-0.39, 0.29) is 35.6 Å². The monoisotopic (exact) mass is 646 g/mol. The van der Waals surface area contributed by atoms with Crippen molar-refractivity contribution in [2.75, 3.05) is 40.3 Å². The summed E-state index contributed by atoms with van der Waals surface area (Å²) >= 11 is 0. The van der Waals surface area contributed by atoms with Crippen LogP contribution in [0.1, 0.15) is 52.0 Å². The van der Waals surface area contributed by atoms with Gasteiger partial charge in [-0.25, -0.2) is 0 Å². The van der Waals surface area contributed by atoms with Crippen LogP contribution in [0.4, 0.5) is 0 Å². The highest BCUT2D eigenvalue weighted by Gasteiger charge is 2.66. The maximum absolute atomic E-state index is 14.1. The molecule has 4 aliphatic rings. The van der Waals surface area contributed by atoms with E-state index in [1.807, 2.05) is 6.07 Å². The van der Waals surface area contributed by atoms with Crippen LogP contribution < -0.4 is 11.1 Å². The quantitative estimate of drug-likeness (QED) is 0.238. The van der Waals surface area contributed by atoms with Crippen molar-refractivity contribution < 1.29 is 39.6 Å². The number of hydrogen-bond donors (Lipinski definition) is 6. The van der Waals surface area contributed by atoms with Gasteiger partial charge >= 0.3 is 0 Å². The molecule has 2 aromatic rings. The Labute approximate surface area is 272 Å². The molecular formula is C35H42N4O8. The highest BCUT2D eigenvalue weighted by Crippen LogP contribution is 2.53. The van der Waals surface area contributed by atoms with Crippen LogP contribution in [0.15, 0.2) is 47.7 Å². The van der Waals surface area contributed by atoms with E-state index in [1.54, 1.807) is 43.3 Å². The number of piperidine rings is 1. The maximum atomic E-state index is 14.1. The number of ketones is 2. The van der Waals surface area contributed by atoms with Crippen molar-refractivity contribution in [3.05, 3.63) is 64.4 Å². The number of nitrogens with one attached hydrogen (secondary N) is 1. The lowest BCUT2D eigenvalue weighted by Crippen LogP contribution is -2.71. The number of likely N-dealkylation sites (N-methyl/N-ethyl adjacent to an activating group) is 1. The topological polar surface area (TPSA) is 194 Å². The first kappa shape index (κ1) is 32.8. The van der Waals surface area contributed by atoms with Crippen LogP contribution in [-0.4, -0.2) is 112 Å². The molecule has 1 saturated carbocycles.